The van der Waals surface area contributed by atoms with Gasteiger partial charge in [-0.15, -0.1) is 0 Å². The van der Waals surface area contributed by atoms with Crippen LogP contribution in [0.3, 0.4) is 0 Å². The summed E-state index contributed by atoms with van der Waals surface area (Å²) >= 11 is 0. The maximum Gasteiger partial charge on any atom is 0.418 e. The summed E-state index contributed by atoms with van der Waals surface area (Å²) in [6.07, 6.45) is -2.73. The van der Waals surface area contributed by atoms with Crippen molar-refractivity contribution in [3.8, 4) is 0 Å². The van der Waals surface area contributed by atoms with Crippen molar-refractivity contribution in [1.82, 2.24) is 5.32 Å². The second kappa shape index (κ2) is 5.18. The number of anilines is 1. The van der Waals surface area contributed by atoms with Crippen molar-refractivity contribution in [3.63, 3.8) is 0 Å². The first-order valence-electron chi connectivity index (χ1n) is 6.18. The molecule has 0 saturated carbocycles. The largest absolute Gasteiger partial charge is 0.418 e. The molecule has 1 aliphatic rings. The van der Waals surface area contributed by atoms with Crippen molar-refractivity contribution in [2.75, 3.05) is 18.4 Å². The molecular weight excluding hydrogens is 241 g/mol. The Labute approximate surface area is 105 Å². The van der Waals surface area contributed by atoms with Crippen molar-refractivity contribution < 1.29 is 13.2 Å². The first-order valence-corrected chi connectivity index (χ1v) is 6.18. The van der Waals surface area contributed by atoms with Crippen LogP contribution in [-0.4, -0.2) is 19.1 Å². The summed E-state index contributed by atoms with van der Waals surface area (Å²) in [4.78, 5) is 0. The number of benzene rings is 1. The lowest BCUT2D eigenvalue weighted by atomic mass is 9.95. The molecule has 2 rings (SSSR count). The number of likely N-dealkylation sites (N-methyl/N-ethyl adjacent to an activating group) is 1. The number of alkyl halides is 3. The van der Waals surface area contributed by atoms with E-state index in [2.05, 4.69) is 10.6 Å². The Morgan fingerprint density at radius 3 is 2.83 bits per heavy atom. The van der Waals surface area contributed by atoms with E-state index in [1.54, 1.807) is 6.07 Å². The second-order valence-corrected chi connectivity index (χ2v) is 4.53. The molecular formula is C13H17F3N2. The number of halogens is 3. The molecule has 1 aliphatic heterocycles. The van der Waals surface area contributed by atoms with Gasteiger partial charge in [0.2, 0.25) is 0 Å². The fourth-order valence-corrected chi connectivity index (χ4v) is 2.29. The number of hydrogen-bond donors (Lipinski definition) is 2. The van der Waals surface area contributed by atoms with E-state index in [9.17, 15) is 13.2 Å². The van der Waals surface area contributed by atoms with Gasteiger partial charge in [0.25, 0.3) is 0 Å². The Morgan fingerprint density at radius 1 is 1.39 bits per heavy atom. The van der Waals surface area contributed by atoms with Gasteiger partial charge in [0, 0.05) is 18.3 Å². The van der Waals surface area contributed by atoms with E-state index >= 15 is 0 Å². The molecule has 1 heterocycles. The average Bonchev–Trinajstić information content (AvgIpc) is 2.34. The number of nitrogens with one attached hydrogen (secondary N) is 2. The summed E-state index contributed by atoms with van der Waals surface area (Å²) in [7, 11) is 0. The van der Waals surface area contributed by atoms with Crippen molar-refractivity contribution in [2.45, 2.75) is 32.0 Å². The van der Waals surface area contributed by atoms with Gasteiger partial charge in [-0.1, -0.05) is 19.1 Å². The van der Waals surface area contributed by atoms with Crippen LogP contribution in [0.5, 0.6) is 0 Å². The van der Waals surface area contributed by atoms with Gasteiger partial charge in [-0.25, -0.2) is 0 Å². The minimum absolute atomic E-state index is 0.0703. The Bertz CT molecular complexity index is 415. The monoisotopic (exact) mass is 258 g/mol. The highest BCUT2D eigenvalue weighted by Crippen LogP contribution is 2.39. The van der Waals surface area contributed by atoms with E-state index < -0.39 is 11.7 Å². The zero-order chi connectivity index (χ0) is 13.2. The van der Waals surface area contributed by atoms with Gasteiger partial charge in [0.05, 0.1) is 5.56 Å². The zero-order valence-electron chi connectivity index (χ0n) is 10.3. The van der Waals surface area contributed by atoms with Crippen LogP contribution in [0, 0.1) is 0 Å². The highest BCUT2D eigenvalue weighted by molar-refractivity contribution is 5.61. The molecule has 1 aromatic rings. The summed E-state index contributed by atoms with van der Waals surface area (Å²) in [5, 5.41) is 6.19. The third kappa shape index (κ3) is 2.77. The molecule has 100 valence electrons. The van der Waals surface area contributed by atoms with E-state index in [1.165, 1.54) is 6.07 Å². The molecule has 5 heteroatoms. The van der Waals surface area contributed by atoms with Gasteiger partial charge in [0.1, 0.15) is 0 Å². The second-order valence-electron chi connectivity index (χ2n) is 4.53. The number of hydrogen-bond acceptors (Lipinski definition) is 2. The van der Waals surface area contributed by atoms with Crippen molar-refractivity contribution >= 4 is 5.69 Å². The van der Waals surface area contributed by atoms with Crippen LogP contribution in [0.1, 0.15) is 24.5 Å². The number of para-hydroxylation sites is 1. The van der Waals surface area contributed by atoms with Crippen molar-refractivity contribution in [2.24, 2.45) is 0 Å². The van der Waals surface area contributed by atoms with E-state index in [4.69, 9.17) is 0 Å². The van der Waals surface area contributed by atoms with Gasteiger partial charge in [-0.2, -0.15) is 13.2 Å². The van der Waals surface area contributed by atoms with Crippen LogP contribution < -0.4 is 10.6 Å². The molecule has 0 saturated heterocycles. The molecule has 0 bridgehead atoms. The maximum atomic E-state index is 12.9. The highest BCUT2D eigenvalue weighted by atomic mass is 19.4. The molecule has 0 spiro atoms. The first-order chi connectivity index (χ1) is 8.52. The third-order valence-electron chi connectivity index (χ3n) is 3.21. The Balaban J connectivity index is 2.23. The highest BCUT2D eigenvalue weighted by Gasteiger charge is 2.35. The molecule has 1 aromatic carbocycles. The molecule has 2 N–H and O–H groups in total. The van der Waals surface area contributed by atoms with E-state index in [0.29, 0.717) is 13.0 Å². The third-order valence-corrected chi connectivity index (χ3v) is 3.21. The molecule has 0 radical (unpaired) electrons. The van der Waals surface area contributed by atoms with Gasteiger partial charge in [0.15, 0.2) is 0 Å². The number of aryl methyl sites for hydroxylation is 1. The molecule has 0 aromatic heterocycles. The summed E-state index contributed by atoms with van der Waals surface area (Å²) in [5.41, 5.74) is 0.470. The van der Waals surface area contributed by atoms with Gasteiger partial charge in [-0.05, 0) is 31.0 Å². The topological polar surface area (TPSA) is 24.1 Å². The van der Waals surface area contributed by atoms with Crippen LogP contribution in [0.2, 0.25) is 0 Å². The van der Waals surface area contributed by atoms with Gasteiger partial charge < -0.3 is 10.6 Å². The van der Waals surface area contributed by atoms with Crippen LogP contribution in [0.15, 0.2) is 18.2 Å². The van der Waals surface area contributed by atoms with Crippen molar-refractivity contribution in [3.05, 3.63) is 29.3 Å². The molecule has 0 amide bonds. The van der Waals surface area contributed by atoms with Gasteiger partial charge >= 0.3 is 6.18 Å². The number of fused-ring (bicyclic) bond motifs is 1. The summed E-state index contributed by atoms with van der Waals surface area (Å²) in [6, 6.07) is 4.46. The quantitative estimate of drug-likeness (QED) is 0.870. The summed E-state index contributed by atoms with van der Waals surface area (Å²) < 4.78 is 38.7. The minimum atomic E-state index is -4.29. The molecule has 18 heavy (non-hydrogen) atoms. The van der Waals surface area contributed by atoms with E-state index in [1.807, 2.05) is 6.92 Å². The normalized spacial score (nSPS) is 19.2. The first kappa shape index (κ1) is 13.2. The Morgan fingerprint density at radius 2 is 2.17 bits per heavy atom. The number of rotatable bonds is 3. The fourth-order valence-electron chi connectivity index (χ4n) is 2.29. The minimum Gasteiger partial charge on any atom is -0.380 e. The fraction of sp³-hybridized carbons (Fsp3) is 0.538. The summed E-state index contributed by atoms with van der Waals surface area (Å²) in [6.45, 7) is 3.51. The summed E-state index contributed by atoms with van der Waals surface area (Å²) in [5.74, 6) is 0. The standard InChI is InChI=1S/C13H17F3N2/c1-2-17-8-10-7-6-9-4-3-5-11(12(9)18-10)13(14,15)16/h3-5,10,17-18H,2,6-8H2,1H3. The predicted molar refractivity (Wildman–Crippen MR) is 65.7 cm³/mol. The Kier molecular flexibility index (Phi) is 3.80. The SMILES string of the molecule is CCNCC1CCc2cccc(C(F)(F)F)c2N1. The van der Waals surface area contributed by atoms with Crippen LogP contribution >= 0.6 is 0 Å². The smallest absolute Gasteiger partial charge is 0.380 e. The molecule has 2 nitrogen and oxygen atoms in total. The lowest BCUT2D eigenvalue weighted by molar-refractivity contribution is -0.137. The molecule has 0 aliphatic carbocycles. The van der Waals surface area contributed by atoms with E-state index in [-0.39, 0.29) is 11.7 Å². The van der Waals surface area contributed by atoms with Gasteiger partial charge in [-0.3, -0.25) is 0 Å². The Hall–Kier alpha value is -1.23. The molecule has 0 fully saturated rings. The van der Waals surface area contributed by atoms with E-state index in [0.717, 1.165) is 24.6 Å². The molecule has 1 atom stereocenters. The van der Waals surface area contributed by atoms with Crippen molar-refractivity contribution in [1.29, 1.82) is 0 Å². The van der Waals surface area contributed by atoms with Crippen LogP contribution in [0.25, 0.3) is 0 Å². The van der Waals surface area contributed by atoms with Crippen LogP contribution in [-0.2, 0) is 12.6 Å². The zero-order valence-corrected chi connectivity index (χ0v) is 10.3. The predicted octanol–water partition coefficient (Wildman–Crippen LogP) is 3.04. The lowest BCUT2D eigenvalue weighted by Crippen LogP contribution is -2.36. The molecule has 1 unspecified atom stereocenters. The lowest BCUT2D eigenvalue weighted by Gasteiger charge is -2.29. The maximum absolute atomic E-state index is 12.9. The van der Waals surface area contributed by atoms with Crippen LogP contribution in [0.4, 0.5) is 18.9 Å². The average molecular weight is 258 g/mol.